The number of anilines is 2. The lowest BCUT2D eigenvalue weighted by molar-refractivity contribution is -0.121. The van der Waals surface area contributed by atoms with E-state index in [4.69, 9.17) is 0 Å². The van der Waals surface area contributed by atoms with Gasteiger partial charge in [0.05, 0.1) is 11.9 Å². The Hall–Kier alpha value is -2.89. The Labute approximate surface area is 147 Å². The van der Waals surface area contributed by atoms with Gasteiger partial charge in [0.1, 0.15) is 6.04 Å². The number of nitrogens with one attached hydrogen (secondary N) is 2. The van der Waals surface area contributed by atoms with Crippen LogP contribution in [0.2, 0.25) is 0 Å². The monoisotopic (exact) mass is 338 g/mol. The number of hydrogen-bond donors (Lipinski definition) is 2. The van der Waals surface area contributed by atoms with Crippen LogP contribution in [-0.4, -0.2) is 29.5 Å². The molecule has 130 valence electrons. The first-order valence-electron chi connectivity index (χ1n) is 8.41. The van der Waals surface area contributed by atoms with Crippen LogP contribution in [0.5, 0.6) is 0 Å². The first-order chi connectivity index (χ1) is 12.0. The van der Waals surface area contributed by atoms with Crippen molar-refractivity contribution >= 4 is 23.3 Å². The average Bonchev–Trinajstić information content (AvgIpc) is 2.60. The molecule has 6 nitrogen and oxygen atoms in total. The van der Waals surface area contributed by atoms with Gasteiger partial charge in [0.25, 0.3) is 0 Å². The zero-order valence-corrected chi connectivity index (χ0v) is 14.5. The largest absolute Gasteiger partial charge is 0.326 e. The molecular formula is C19H22N4O2. The third kappa shape index (κ3) is 3.96. The van der Waals surface area contributed by atoms with Crippen LogP contribution in [0.15, 0.2) is 42.7 Å². The van der Waals surface area contributed by atoms with E-state index in [1.807, 2.05) is 38.1 Å². The summed E-state index contributed by atoms with van der Waals surface area (Å²) in [5.74, 6) is -0.102. The molecule has 25 heavy (non-hydrogen) atoms. The number of pyridine rings is 1. The lowest BCUT2D eigenvalue weighted by atomic mass is 10.0. The van der Waals surface area contributed by atoms with Gasteiger partial charge in [0, 0.05) is 18.4 Å². The van der Waals surface area contributed by atoms with E-state index in [1.165, 1.54) is 0 Å². The maximum absolute atomic E-state index is 12.7. The van der Waals surface area contributed by atoms with Crippen molar-refractivity contribution in [3.63, 3.8) is 0 Å². The predicted octanol–water partition coefficient (Wildman–Crippen LogP) is 3.02. The smallest absolute Gasteiger partial charge is 0.319 e. The molecule has 3 rings (SSSR count). The van der Waals surface area contributed by atoms with E-state index in [1.54, 1.807) is 23.4 Å². The fourth-order valence-electron chi connectivity index (χ4n) is 3.05. The SMILES string of the molecule is Cc1ccc(NC(=O)NC2CCCN(c3cccnc3)C2=O)c(C)c1. The predicted molar refractivity (Wildman–Crippen MR) is 97.7 cm³/mol. The molecule has 1 unspecified atom stereocenters. The van der Waals surface area contributed by atoms with Gasteiger partial charge >= 0.3 is 6.03 Å². The Bertz CT molecular complexity index is 776. The Morgan fingerprint density at radius 2 is 2.12 bits per heavy atom. The molecule has 3 amide bonds. The first-order valence-corrected chi connectivity index (χ1v) is 8.41. The van der Waals surface area contributed by atoms with Gasteiger partial charge in [-0.15, -0.1) is 0 Å². The lowest BCUT2D eigenvalue weighted by Crippen LogP contribution is -2.53. The van der Waals surface area contributed by atoms with Crippen molar-refractivity contribution in [1.82, 2.24) is 10.3 Å². The number of aryl methyl sites for hydroxylation is 2. The van der Waals surface area contributed by atoms with E-state index in [0.717, 1.165) is 28.9 Å². The molecule has 1 aliphatic heterocycles. The van der Waals surface area contributed by atoms with E-state index in [-0.39, 0.29) is 11.9 Å². The number of amides is 3. The molecule has 0 bridgehead atoms. The molecule has 0 spiro atoms. The molecular weight excluding hydrogens is 316 g/mol. The van der Waals surface area contributed by atoms with Gasteiger partial charge in [-0.05, 0) is 50.5 Å². The van der Waals surface area contributed by atoms with Crippen LogP contribution in [0.1, 0.15) is 24.0 Å². The van der Waals surface area contributed by atoms with Crippen LogP contribution in [0.3, 0.4) is 0 Å². The Kier molecular flexibility index (Phi) is 4.97. The molecule has 2 heterocycles. The number of benzene rings is 1. The number of carbonyl (C=O) groups is 2. The second kappa shape index (κ2) is 7.34. The van der Waals surface area contributed by atoms with Crippen molar-refractivity contribution in [2.45, 2.75) is 32.7 Å². The van der Waals surface area contributed by atoms with Crippen LogP contribution in [0.4, 0.5) is 16.2 Å². The number of nitrogens with zero attached hydrogens (tertiary/aromatic N) is 2. The van der Waals surface area contributed by atoms with Crippen LogP contribution in [0, 0.1) is 13.8 Å². The summed E-state index contributed by atoms with van der Waals surface area (Å²) in [5.41, 5.74) is 3.63. The topological polar surface area (TPSA) is 74.3 Å². The summed E-state index contributed by atoms with van der Waals surface area (Å²) in [4.78, 5) is 30.7. The molecule has 2 N–H and O–H groups in total. The maximum Gasteiger partial charge on any atom is 0.319 e. The quantitative estimate of drug-likeness (QED) is 0.903. The fourth-order valence-corrected chi connectivity index (χ4v) is 3.05. The molecule has 1 saturated heterocycles. The Balaban J connectivity index is 1.65. The van der Waals surface area contributed by atoms with Gasteiger partial charge in [-0.25, -0.2) is 4.79 Å². The van der Waals surface area contributed by atoms with Crippen LogP contribution >= 0.6 is 0 Å². The zero-order valence-electron chi connectivity index (χ0n) is 14.5. The van der Waals surface area contributed by atoms with Crippen LogP contribution in [-0.2, 0) is 4.79 Å². The molecule has 1 aliphatic rings. The van der Waals surface area contributed by atoms with E-state index in [2.05, 4.69) is 15.6 Å². The third-order valence-electron chi connectivity index (χ3n) is 4.33. The third-order valence-corrected chi connectivity index (χ3v) is 4.33. The van der Waals surface area contributed by atoms with E-state index in [0.29, 0.717) is 13.0 Å². The summed E-state index contributed by atoms with van der Waals surface area (Å²) in [7, 11) is 0. The minimum absolute atomic E-state index is 0.102. The maximum atomic E-state index is 12.7. The number of hydrogen-bond acceptors (Lipinski definition) is 3. The molecule has 1 aromatic heterocycles. The zero-order chi connectivity index (χ0) is 17.8. The van der Waals surface area contributed by atoms with Crippen molar-refractivity contribution in [1.29, 1.82) is 0 Å². The van der Waals surface area contributed by atoms with Crippen LogP contribution < -0.4 is 15.5 Å². The van der Waals surface area contributed by atoms with Gasteiger partial charge in [-0.3, -0.25) is 9.78 Å². The number of aromatic nitrogens is 1. The number of urea groups is 1. The number of carbonyl (C=O) groups excluding carboxylic acids is 2. The van der Waals surface area contributed by atoms with Crippen molar-refractivity contribution < 1.29 is 9.59 Å². The molecule has 0 aliphatic carbocycles. The highest BCUT2D eigenvalue weighted by molar-refractivity contribution is 6.01. The van der Waals surface area contributed by atoms with Crippen molar-refractivity contribution in [2.75, 3.05) is 16.8 Å². The molecule has 1 aromatic carbocycles. The van der Waals surface area contributed by atoms with E-state index < -0.39 is 6.04 Å². The molecule has 2 aromatic rings. The Morgan fingerprint density at radius 1 is 1.28 bits per heavy atom. The molecule has 1 atom stereocenters. The summed E-state index contributed by atoms with van der Waals surface area (Å²) < 4.78 is 0. The summed E-state index contributed by atoms with van der Waals surface area (Å²) in [6, 6.07) is 8.58. The number of piperidine rings is 1. The standard InChI is InChI=1S/C19H22N4O2/c1-13-7-8-16(14(2)11-13)21-19(25)22-17-6-4-10-23(18(17)24)15-5-3-9-20-12-15/h3,5,7-9,11-12,17H,4,6,10H2,1-2H3,(H2,21,22,25). The Morgan fingerprint density at radius 3 is 2.84 bits per heavy atom. The minimum Gasteiger partial charge on any atom is -0.326 e. The van der Waals surface area contributed by atoms with Gasteiger partial charge < -0.3 is 15.5 Å². The van der Waals surface area contributed by atoms with E-state index >= 15 is 0 Å². The summed E-state index contributed by atoms with van der Waals surface area (Å²) in [6.45, 7) is 4.59. The van der Waals surface area contributed by atoms with Crippen molar-refractivity contribution in [3.05, 3.63) is 53.9 Å². The highest BCUT2D eigenvalue weighted by atomic mass is 16.2. The second-order valence-corrected chi connectivity index (χ2v) is 6.31. The van der Waals surface area contributed by atoms with E-state index in [9.17, 15) is 9.59 Å². The normalized spacial score (nSPS) is 17.3. The van der Waals surface area contributed by atoms with Crippen LogP contribution in [0.25, 0.3) is 0 Å². The molecule has 0 saturated carbocycles. The second-order valence-electron chi connectivity index (χ2n) is 6.31. The molecule has 1 fully saturated rings. The van der Waals surface area contributed by atoms with Gasteiger partial charge in [-0.2, -0.15) is 0 Å². The van der Waals surface area contributed by atoms with Crippen molar-refractivity contribution in [2.24, 2.45) is 0 Å². The minimum atomic E-state index is -0.528. The number of rotatable bonds is 3. The summed E-state index contributed by atoms with van der Waals surface area (Å²) in [6.07, 6.45) is 4.80. The van der Waals surface area contributed by atoms with Crippen molar-refractivity contribution in [3.8, 4) is 0 Å². The lowest BCUT2D eigenvalue weighted by Gasteiger charge is -2.32. The van der Waals surface area contributed by atoms with Gasteiger partial charge in [0.15, 0.2) is 0 Å². The fraction of sp³-hybridized carbons (Fsp3) is 0.316. The average molecular weight is 338 g/mol. The van der Waals surface area contributed by atoms with Gasteiger partial charge in [0.2, 0.25) is 5.91 Å². The highest BCUT2D eigenvalue weighted by Gasteiger charge is 2.30. The first kappa shape index (κ1) is 17.0. The summed E-state index contributed by atoms with van der Waals surface area (Å²) >= 11 is 0. The molecule has 0 radical (unpaired) electrons. The molecule has 6 heteroatoms. The van der Waals surface area contributed by atoms with Gasteiger partial charge in [-0.1, -0.05) is 17.7 Å². The highest BCUT2D eigenvalue weighted by Crippen LogP contribution is 2.20. The summed E-state index contributed by atoms with van der Waals surface area (Å²) in [5, 5.41) is 5.62.